The lowest BCUT2D eigenvalue weighted by atomic mass is 9.98. The Hall–Kier alpha value is -2.79. The number of esters is 1. The molecule has 0 spiro atoms. The number of ether oxygens (including phenoxy) is 1. The second-order valence-corrected chi connectivity index (χ2v) is 6.88. The molecule has 0 N–H and O–H groups in total. The number of rotatable bonds is 7. The van der Waals surface area contributed by atoms with Crippen molar-refractivity contribution < 1.29 is 9.53 Å². The molecule has 2 aromatic carbocycles. The van der Waals surface area contributed by atoms with Gasteiger partial charge in [-0.1, -0.05) is 42.5 Å². The maximum Gasteiger partial charge on any atom is 0.330 e. The average Bonchev–Trinajstić information content (AvgIpc) is 2.72. The fourth-order valence-electron chi connectivity index (χ4n) is 3.38. The first-order chi connectivity index (χ1) is 13.2. The van der Waals surface area contributed by atoms with Gasteiger partial charge in [0.2, 0.25) is 0 Å². The standard InChI is InChI=1S/C22H24N2O3/c25-22(12-11-18-6-2-1-3-7-18)27-17-20-9-5-13-24(16-20)15-19-8-4-10-21(14-19)23-26/h1-4,6-8,10-12,14,20H,5,9,13,15-17H2/b12-11+. The van der Waals surface area contributed by atoms with E-state index in [1.807, 2.05) is 48.5 Å². The molecule has 1 fully saturated rings. The third kappa shape index (κ3) is 6.15. The van der Waals surface area contributed by atoms with Crippen LogP contribution < -0.4 is 0 Å². The molecule has 1 saturated heterocycles. The molecule has 0 amide bonds. The molecule has 1 atom stereocenters. The normalized spacial score (nSPS) is 17.7. The number of carbonyl (C=O) groups is 1. The van der Waals surface area contributed by atoms with Crippen molar-refractivity contribution in [3.63, 3.8) is 0 Å². The summed E-state index contributed by atoms with van der Waals surface area (Å²) in [6.07, 6.45) is 5.38. The van der Waals surface area contributed by atoms with Crippen molar-refractivity contribution in [3.8, 4) is 0 Å². The number of hydrogen-bond acceptors (Lipinski definition) is 5. The molecule has 5 heteroatoms. The van der Waals surface area contributed by atoms with Crippen molar-refractivity contribution in [3.05, 3.63) is 76.7 Å². The van der Waals surface area contributed by atoms with Crippen LogP contribution >= 0.6 is 0 Å². The van der Waals surface area contributed by atoms with Crippen molar-refractivity contribution >= 4 is 17.7 Å². The molecule has 2 aromatic rings. The van der Waals surface area contributed by atoms with E-state index in [-0.39, 0.29) is 5.97 Å². The highest BCUT2D eigenvalue weighted by molar-refractivity contribution is 5.87. The van der Waals surface area contributed by atoms with E-state index in [1.54, 1.807) is 12.1 Å². The van der Waals surface area contributed by atoms with E-state index in [1.165, 1.54) is 6.08 Å². The molecule has 0 saturated carbocycles. The summed E-state index contributed by atoms with van der Waals surface area (Å²) >= 11 is 0. The Morgan fingerprint density at radius 1 is 1.19 bits per heavy atom. The molecule has 0 aromatic heterocycles. The summed E-state index contributed by atoms with van der Waals surface area (Å²) in [6, 6.07) is 17.1. The zero-order valence-corrected chi connectivity index (χ0v) is 15.3. The minimum atomic E-state index is -0.305. The average molecular weight is 364 g/mol. The minimum absolute atomic E-state index is 0.305. The lowest BCUT2D eigenvalue weighted by Crippen LogP contribution is -2.37. The summed E-state index contributed by atoms with van der Waals surface area (Å²) in [5.74, 6) is 0.0286. The topological polar surface area (TPSA) is 59.0 Å². The van der Waals surface area contributed by atoms with Gasteiger partial charge in [0.05, 0.1) is 6.61 Å². The van der Waals surface area contributed by atoms with Crippen LogP contribution in [0.15, 0.2) is 65.9 Å². The molecular formula is C22H24N2O3. The van der Waals surface area contributed by atoms with Crippen LogP contribution in [-0.2, 0) is 16.1 Å². The Balaban J connectivity index is 1.46. The van der Waals surface area contributed by atoms with Crippen LogP contribution in [0.4, 0.5) is 5.69 Å². The second-order valence-electron chi connectivity index (χ2n) is 6.88. The van der Waals surface area contributed by atoms with Gasteiger partial charge in [-0.15, -0.1) is 4.91 Å². The maximum absolute atomic E-state index is 11.9. The third-order valence-corrected chi connectivity index (χ3v) is 4.70. The predicted octanol–water partition coefficient (Wildman–Crippen LogP) is 4.55. The van der Waals surface area contributed by atoms with Gasteiger partial charge in [0, 0.05) is 25.1 Å². The van der Waals surface area contributed by atoms with Crippen LogP contribution in [0.5, 0.6) is 0 Å². The summed E-state index contributed by atoms with van der Waals surface area (Å²) in [5.41, 5.74) is 2.51. The van der Waals surface area contributed by atoms with Crippen LogP contribution in [0.3, 0.4) is 0 Å². The van der Waals surface area contributed by atoms with Gasteiger partial charge in [-0.05, 0) is 53.9 Å². The van der Waals surface area contributed by atoms with Gasteiger partial charge in [0.15, 0.2) is 0 Å². The van der Waals surface area contributed by atoms with E-state index in [0.717, 1.165) is 43.6 Å². The monoisotopic (exact) mass is 364 g/mol. The molecule has 140 valence electrons. The SMILES string of the molecule is O=Nc1cccc(CN2CCCC(COC(=O)/C=C/c3ccccc3)C2)c1. The van der Waals surface area contributed by atoms with E-state index in [4.69, 9.17) is 4.74 Å². The summed E-state index contributed by atoms with van der Waals surface area (Å²) in [6.45, 7) is 3.11. The molecule has 0 bridgehead atoms. The van der Waals surface area contributed by atoms with Gasteiger partial charge in [-0.3, -0.25) is 4.90 Å². The number of likely N-dealkylation sites (tertiary alicyclic amines) is 1. The van der Waals surface area contributed by atoms with E-state index >= 15 is 0 Å². The Kier molecular flexibility index (Phi) is 6.88. The van der Waals surface area contributed by atoms with Gasteiger partial charge in [-0.2, -0.15) is 0 Å². The fraction of sp³-hybridized carbons (Fsp3) is 0.318. The fourth-order valence-corrected chi connectivity index (χ4v) is 3.38. The van der Waals surface area contributed by atoms with E-state index in [2.05, 4.69) is 10.1 Å². The van der Waals surface area contributed by atoms with Crippen LogP contribution in [0.2, 0.25) is 0 Å². The number of piperidine rings is 1. The highest BCUT2D eigenvalue weighted by Crippen LogP contribution is 2.21. The predicted molar refractivity (Wildman–Crippen MR) is 106 cm³/mol. The molecule has 0 radical (unpaired) electrons. The Labute approximate surface area is 159 Å². The zero-order valence-electron chi connectivity index (χ0n) is 15.3. The van der Waals surface area contributed by atoms with Gasteiger partial charge < -0.3 is 4.74 Å². The molecular weight excluding hydrogens is 340 g/mol. The van der Waals surface area contributed by atoms with E-state index in [0.29, 0.717) is 18.2 Å². The van der Waals surface area contributed by atoms with Gasteiger partial charge in [0.25, 0.3) is 0 Å². The quantitative estimate of drug-likeness (QED) is 0.411. The maximum atomic E-state index is 11.9. The summed E-state index contributed by atoms with van der Waals surface area (Å²) < 4.78 is 5.43. The lowest BCUT2D eigenvalue weighted by Gasteiger charge is -2.32. The van der Waals surface area contributed by atoms with E-state index < -0.39 is 0 Å². The Morgan fingerprint density at radius 3 is 2.85 bits per heavy atom. The van der Waals surface area contributed by atoms with Crippen molar-refractivity contribution in [2.24, 2.45) is 11.1 Å². The van der Waals surface area contributed by atoms with Crippen molar-refractivity contribution in [1.82, 2.24) is 4.90 Å². The molecule has 27 heavy (non-hydrogen) atoms. The minimum Gasteiger partial charge on any atom is -0.462 e. The smallest absolute Gasteiger partial charge is 0.330 e. The highest BCUT2D eigenvalue weighted by atomic mass is 16.5. The van der Waals surface area contributed by atoms with Gasteiger partial charge >= 0.3 is 5.97 Å². The third-order valence-electron chi connectivity index (χ3n) is 4.70. The molecule has 3 rings (SSSR count). The lowest BCUT2D eigenvalue weighted by molar-refractivity contribution is -0.139. The summed E-state index contributed by atoms with van der Waals surface area (Å²) in [4.78, 5) is 25.0. The van der Waals surface area contributed by atoms with Crippen molar-refractivity contribution in [1.29, 1.82) is 0 Å². The van der Waals surface area contributed by atoms with Gasteiger partial charge in [-0.25, -0.2) is 4.79 Å². The zero-order chi connectivity index (χ0) is 18.9. The molecule has 0 aliphatic carbocycles. The van der Waals surface area contributed by atoms with Crippen LogP contribution in [0.25, 0.3) is 6.08 Å². The Bertz CT molecular complexity index is 789. The summed E-state index contributed by atoms with van der Waals surface area (Å²) in [5, 5.41) is 2.99. The number of benzene rings is 2. The first-order valence-electron chi connectivity index (χ1n) is 9.27. The molecule has 1 unspecified atom stereocenters. The number of nitrogens with zero attached hydrogens (tertiary/aromatic N) is 2. The van der Waals surface area contributed by atoms with Crippen LogP contribution in [0, 0.1) is 10.8 Å². The van der Waals surface area contributed by atoms with Crippen molar-refractivity contribution in [2.75, 3.05) is 19.7 Å². The molecule has 1 aliphatic heterocycles. The number of hydrogen-bond donors (Lipinski definition) is 0. The first kappa shape index (κ1) is 19.0. The van der Waals surface area contributed by atoms with Crippen LogP contribution in [0.1, 0.15) is 24.0 Å². The first-order valence-corrected chi connectivity index (χ1v) is 9.27. The molecule has 5 nitrogen and oxygen atoms in total. The Morgan fingerprint density at radius 2 is 2.04 bits per heavy atom. The number of nitroso groups, excluding NO2 is 1. The highest BCUT2D eigenvalue weighted by Gasteiger charge is 2.21. The molecule has 1 heterocycles. The van der Waals surface area contributed by atoms with Crippen molar-refractivity contribution in [2.45, 2.75) is 19.4 Å². The summed E-state index contributed by atoms with van der Waals surface area (Å²) in [7, 11) is 0. The van der Waals surface area contributed by atoms with Crippen LogP contribution in [-0.4, -0.2) is 30.6 Å². The van der Waals surface area contributed by atoms with E-state index in [9.17, 15) is 9.70 Å². The number of carbonyl (C=O) groups excluding carboxylic acids is 1. The molecule has 1 aliphatic rings. The second kappa shape index (κ2) is 9.78. The van der Waals surface area contributed by atoms with Gasteiger partial charge in [0.1, 0.15) is 5.69 Å². The largest absolute Gasteiger partial charge is 0.462 e.